The number of benzene rings is 1. The second-order valence-electron chi connectivity index (χ2n) is 9.71. The molecule has 8 heteroatoms. The average molecular weight is 490 g/mol. The van der Waals surface area contributed by atoms with E-state index < -0.39 is 0 Å². The van der Waals surface area contributed by atoms with Crippen molar-refractivity contribution in [3.05, 3.63) is 59.7 Å². The molecule has 0 unspecified atom stereocenters. The van der Waals surface area contributed by atoms with E-state index in [0.29, 0.717) is 24.9 Å². The number of rotatable bonds is 7. The summed E-state index contributed by atoms with van der Waals surface area (Å²) in [5.41, 5.74) is 5.45. The van der Waals surface area contributed by atoms with Crippen LogP contribution in [-0.4, -0.2) is 40.4 Å². The van der Waals surface area contributed by atoms with E-state index in [1.54, 1.807) is 24.5 Å². The van der Waals surface area contributed by atoms with E-state index in [9.17, 15) is 4.79 Å². The normalized spacial score (nSPS) is 16.2. The summed E-state index contributed by atoms with van der Waals surface area (Å²) in [6.07, 6.45) is 5.61. The molecular formula is C27H31N5O2S. The lowest BCUT2D eigenvalue weighted by atomic mass is 9.86. The van der Waals surface area contributed by atoms with Gasteiger partial charge in [0.2, 0.25) is 5.88 Å². The fourth-order valence-electron chi connectivity index (χ4n) is 4.68. The maximum Gasteiger partial charge on any atom is 0.322 e. The molecule has 1 saturated carbocycles. The molecule has 2 aromatic heterocycles. The fraction of sp³-hybridized carbons (Fsp3) is 0.407. The zero-order chi connectivity index (χ0) is 24.6. The van der Waals surface area contributed by atoms with E-state index in [-0.39, 0.29) is 11.4 Å². The molecule has 3 aromatic rings. The Hall–Kier alpha value is -3.13. The lowest BCUT2D eigenvalue weighted by Crippen LogP contribution is -2.41. The van der Waals surface area contributed by atoms with Crippen molar-refractivity contribution in [3.8, 4) is 17.1 Å². The van der Waals surface area contributed by atoms with Crippen LogP contribution in [0.3, 0.4) is 0 Å². The summed E-state index contributed by atoms with van der Waals surface area (Å²) >= 11 is 1.81. The Morgan fingerprint density at radius 1 is 1.20 bits per heavy atom. The molecule has 35 heavy (non-hydrogen) atoms. The number of hydrogen-bond donors (Lipinski definition) is 1. The third-order valence-corrected chi connectivity index (χ3v) is 7.53. The van der Waals surface area contributed by atoms with E-state index in [0.717, 1.165) is 52.4 Å². The number of urea groups is 1. The number of carbonyl (C=O) groups is 1. The third-order valence-electron chi connectivity index (χ3n) is 6.63. The SMILES string of the molecule is CCSc1ccc(CNC(=O)N2CC(C)(C)c3cc(-c4c(OC)ncnc4C4CC4)ncc32)cc1. The van der Waals surface area contributed by atoms with Gasteiger partial charge >= 0.3 is 6.03 Å². The highest BCUT2D eigenvalue weighted by Crippen LogP contribution is 2.47. The summed E-state index contributed by atoms with van der Waals surface area (Å²) < 4.78 is 5.58. The minimum absolute atomic E-state index is 0.113. The van der Waals surface area contributed by atoms with Gasteiger partial charge in [-0.25, -0.2) is 14.8 Å². The van der Waals surface area contributed by atoms with Gasteiger partial charge in [-0.05, 0) is 47.9 Å². The number of carbonyl (C=O) groups excluding carboxylic acids is 1. The van der Waals surface area contributed by atoms with Crippen LogP contribution in [0.2, 0.25) is 0 Å². The maximum absolute atomic E-state index is 13.2. The molecule has 1 aromatic carbocycles. The molecule has 3 heterocycles. The number of thioether (sulfide) groups is 1. The summed E-state index contributed by atoms with van der Waals surface area (Å²) in [6, 6.07) is 10.3. The summed E-state index contributed by atoms with van der Waals surface area (Å²) in [7, 11) is 1.63. The number of methoxy groups -OCH3 is 1. The molecule has 0 spiro atoms. The Bertz CT molecular complexity index is 1240. The predicted octanol–water partition coefficient (Wildman–Crippen LogP) is 5.54. The van der Waals surface area contributed by atoms with Crippen molar-refractivity contribution in [2.75, 3.05) is 24.3 Å². The Labute approximate surface area is 210 Å². The van der Waals surface area contributed by atoms with E-state index in [1.807, 2.05) is 11.8 Å². The maximum atomic E-state index is 13.2. The number of nitrogens with one attached hydrogen (secondary N) is 1. The van der Waals surface area contributed by atoms with Gasteiger partial charge < -0.3 is 10.1 Å². The first kappa shape index (κ1) is 23.6. The highest BCUT2D eigenvalue weighted by atomic mass is 32.2. The van der Waals surface area contributed by atoms with Gasteiger partial charge in [0.1, 0.15) is 6.33 Å². The smallest absolute Gasteiger partial charge is 0.322 e. The lowest BCUT2D eigenvalue weighted by Gasteiger charge is -2.21. The molecule has 1 aliphatic heterocycles. The van der Waals surface area contributed by atoms with Crippen LogP contribution in [0, 0.1) is 0 Å². The summed E-state index contributed by atoms with van der Waals surface area (Å²) in [6.45, 7) is 7.53. The van der Waals surface area contributed by atoms with Gasteiger partial charge in [0, 0.05) is 29.3 Å². The van der Waals surface area contributed by atoms with Crippen LogP contribution in [0.4, 0.5) is 10.5 Å². The van der Waals surface area contributed by atoms with Gasteiger partial charge in [-0.3, -0.25) is 9.88 Å². The standard InChI is InChI=1S/C27H31N5O2S/c1-5-35-19-10-6-17(7-11-19)13-29-26(33)32-15-27(2,3)20-12-21(28-14-22(20)32)23-24(18-8-9-18)30-16-31-25(23)34-4/h6-7,10-12,14,16,18H,5,8-9,13,15H2,1-4H3,(H,29,33). The number of nitrogens with zero attached hydrogens (tertiary/aromatic N) is 4. The van der Waals surface area contributed by atoms with E-state index in [4.69, 9.17) is 9.72 Å². The first-order valence-electron chi connectivity index (χ1n) is 12.1. The molecule has 1 N–H and O–H groups in total. The molecule has 2 amide bonds. The molecule has 182 valence electrons. The van der Waals surface area contributed by atoms with Gasteiger partial charge in [-0.15, -0.1) is 11.8 Å². The number of fused-ring (bicyclic) bond motifs is 1. The Kier molecular flexibility index (Phi) is 6.40. The minimum Gasteiger partial charge on any atom is -0.480 e. The van der Waals surface area contributed by atoms with Crippen LogP contribution < -0.4 is 15.0 Å². The number of anilines is 1. The second kappa shape index (κ2) is 9.49. The van der Waals surface area contributed by atoms with Gasteiger partial charge in [0.05, 0.1) is 35.9 Å². The lowest BCUT2D eigenvalue weighted by molar-refractivity contribution is 0.245. The first-order chi connectivity index (χ1) is 16.9. The highest BCUT2D eigenvalue weighted by Gasteiger charge is 2.39. The van der Waals surface area contributed by atoms with E-state index in [2.05, 4.69) is 66.4 Å². The number of hydrogen-bond acceptors (Lipinski definition) is 6. The van der Waals surface area contributed by atoms with Crippen LogP contribution in [-0.2, 0) is 12.0 Å². The topological polar surface area (TPSA) is 80.2 Å². The van der Waals surface area contributed by atoms with E-state index >= 15 is 0 Å². The zero-order valence-corrected chi connectivity index (χ0v) is 21.5. The average Bonchev–Trinajstić information content (AvgIpc) is 3.68. The van der Waals surface area contributed by atoms with Gasteiger partial charge in [0.25, 0.3) is 0 Å². The van der Waals surface area contributed by atoms with Crippen LogP contribution in [0.5, 0.6) is 5.88 Å². The first-order valence-corrected chi connectivity index (χ1v) is 13.1. The quantitative estimate of drug-likeness (QED) is 0.439. The van der Waals surface area contributed by atoms with Crippen molar-refractivity contribution in [2.45, 2.75) is 56.4 Å². The molecule has 0 atom stereocenters. The van der Waals surface area contributed by atoms with Gasteiger partial charge in [-0.1, -0.05) is 32.9 Å². The van der Waals surface area contributed by atoms with Crippen molar-refractivity contribution < 1.29 is 9.53 Å². The molecule has 1 aliphatic carbocycles. The Morgan fingerprint density at radius 3 is 2.66 bits per heavy atom. The number of pyridine rings is 1. The van der Waals surface area contributed by atoms with Crippen molar-refractivity contribution in [1.82, 2.24) is 20.3 Å². The molecule has 0 saturated heterocycles. The van der Waals surface area contributed by atoms with Crippen molar-refractivity contribution in [1.29, 1.82) is 0 Å². The minimum atomic E-state index is -0.216. The van der Waals surface area contributed by atoms with Crippen molar-refractivity contribution in [2.24, 2.45) is 0 Å². The Morgan fingerprint density at radius 2 is 1.97 bits per heavy atom. The monoisotopic (exact) mass is 489 g/mol. The number of amides is 2. The number of aromatic nitrogens is 3. The Balaban J connectivity index is 1.39. The van der Waals surface area contributed by atoms with Gasteiger partial charge in [0.15, 0.2) is 0 Å². The van der Waals surface area contributed by atoms with Crippen LogP contribution in [0.1, 0.15) is 56.4 Å². The van der Waals surface area contributed by atoms with Crippen LogP contribution in [0.15, 0.2) is 47.8 Å². The highest BCUT2D eigenvalue weighted by molar-refractivity contribution is 7.99. The molecule has 2 aliphatic rings. The molecule has 0 bridgehead atoms. The van der Waals surface area contributed by atoms with E-state index in [1.165, 1.54) is 4.90 Å². The summed E-state index contributed by atoms with van der Waals surface area (Å²) in [4.78, 5) is 29.9. The largest absolute Gasteiger partial charge is 0.480 e. The molecule has 1 fully saturated rings. The molecule has 7 nitrogen and oxygen atoms in total. The molecular weight excluding hydrogens is 458 g/mol. The van der Waals surface area contributed by atoms with Crippen molar-refractivity contribution in [3.63, 3.8) is 0 Å². The van der Waals surface area contributed by atoms with Crippen molar-refractivity contribution >= 4 is 23.5 Å². The molecule has 0 radical (unpaired) electrons. The zero-order valence-electron chi connectivity index (χ0n) is 20.7. The molecule has 5 rings (SSSR count). The second-order valence-corrected chi connectivity index (χ2v) is 11.0. The summed E-state index contributed by atoms with van der Waals surface area (Å²) in [5.74, 6) is 2.02. The number of ether oxygens (including phenoxy) is 1. The van der Waals surface area contributed by atoms with Crippen LogP contribution >= 0.6 is 11.8 Å². The van der Waals surface area contributed by atoms with Gasteiger partial charge in [-0.2, -0.15) is 0 Å². The van der Waals surface area contributed by atoms with Crippen LogP contribution in [0.25, 0.3) is 11.3 Å². The predicted molar refractivity (Wildman–Crippen MR) is 139 cm³/mol. The third kappa shape index (κ3) is 4.72. The summed E-state index contributed by atoms with van der Waals surface area (Å²) in [5, 5.41) is 3.08. The fourth-order valence-corrected chi connectivity index (χ4v) is 5.34.